The van der Waals surface area contributed by atoms with Gasteiger partial charge in [0.15, 0.2) is 0 Å². The van der Waals surface area contributed by atoms with Crippen molar-refractivity contribution in [1.29, 1.82) is 0 Å². The number of carbonyl (C=O) groups excluding carboxylic acids is 3. The molecule has 2 rings (SSSR count). The molecule has 2 aromatic rings. The highest BCUT2D eigenvalue weighted by Crippen LogP contribution is 2.27. The zero-order valence-corrected chi connectivity index (χ0v) is 18.7. The van der Waals surface area contributed by atoms with Crippen LogP contribution in [0.25, 0.3) is 10.6 Å². The molecular weight excluding hydrogens is 400 g/mol. The van der Waals surface area contributed by atoms with Crippen LogP contribution in [0.3, 0.4) is 0 Å². The molecule has 0 atom stereocenters. The number of nitrogens with zero attached hydrogens (tertiary/aromatic N) is 2. The highest BCUT2D eigenvalue weighted by molar-refractivity contribution is 7.17. The van der Waals surface area contributed by atoms with Gasteiger partial charge in [-0.1, -0.05) is 44.2 Å². The summed E-state index contributed by atoms with van der Waals surface area (Å²) in [5, 5.41) is 0.756. The van der Waals surface area contributed by atoms with E-state index in [1.165, 1.54) is 11.3 Å². The number of nitrogens with one attached hydrogen (secondary N) is 2. The summed E-state index contributed by atoms with van der Waals surface area (Å²) in [6.07, 6.45) is 2.79. The molecule has 1 aromatic carbocycles. The fourth-order valence-electron chi connectivity index (χ4n) is 3.02. The first-order valence-corrected chi connectivity index (χ1v) is 11.2. The molecule has 1 heterocycles. The largest absolute Gasteiger partial charge is 0.343 e. The monoisotopic (exact) mass is 430 g/mol. The lowest BCUT2D eigenvalue weighted by Gasteiger charge is -2.21. The van der Waals surface area contributed by atoms with E-state index >= 15 is 0 Å². The van der Waals surface area contributed by atoms with Crippen LogP contribution in [0.1, 0.15) is 61.3 Å². The summed E-state index contributed by atoms with van der Waals surface area (Å²) < 4.78 is 0. The fourth-order valence-corrected chi connectivity index (χ4v) is 3.98. The highest BCUT2D eigenvalue weighted by atomic mass is 32.1. The van der Waals surface area contributed by atoms with Crippen LogP contribution in [0.15, 0.2) is 30.3 Å². The Labute approximate surface area is 181 Å². The van der Waals surface area contributed by atoms with Crippen molar-refractivity contribution < 1.29 is 14.4 Å². The Morgan fingerprint density at radius 1 is 1.00 bits per heavy atom. The predicted octanol–water partition coefficient (Wildman–Crippen LogP) is 3.70. The molecule has 0 unspecified atom stereocenters. The van der Waals surface area contributed by atoms with E-state index in [0.29, 0.717) is 23.4 Å². The fraction of sp³-hybridized carbons (Fsp3) is 0.455. The molecule has 1 aromatic heterocycles. The van der Waals surface area contributed by atoms with Crippen LogP contribution >= 0.6 is 11.3 Å². The van der Waals surface area contributed by atoms with E-state index in [0.717, 1.165) is 36.5 Å². The second kappa shape index (κ2) is 12.1. The maximum absolute atomic E-state index is 12.4. The second-order valence-corrected chi connectivity index (χ2v) is 8.04. The minimum absolute atomic E-state index is 0.0734. The van der Waals surface area contributed by atoms with E-state index in [1.807, 2.05) is 49.1 Å². The number of amides is 3. The van der Waals surface area contributed by atoms with Crippen LogP contribution in [-0.4, -0.2) is 40.7 Å². The van der Waals surface area contributed by atoms with Gasteiger partial charge in [-0.2, -0.15) is 0 Å². The molecule has 30 heavy (non-hydrogen) atoms. The summed E-state index contributed by atoms with van der Waals surface area (Å²) >= 11 is 1.28. The van der Waals surface area contributed by atoms with Gasteiger partial charge in [0.25, 0.3) is 5.91 Å². The van der Waals surface area contributed by atoms with Gasteiger partial charge in [-0.3, -0.25) is 25.2 Å². The Bertz CT molecular complexity index is 845. The third-order valence-electron chi connectivity index (χ3n) is 4.47. The van der Waals surface area contributed by atoms with E-state index in [2.05, 4.69) is 15.8 Å². The van der Waals surface area contributed by atoms with E-state index in [-0.39, 0.29) is 18.2 Å². The van der Waals surface area contributed by atoms with Gasteiger partial charge in [-0.25, -0.2) is 4.98 Å². The Hall–Kier alpha value is -2.74. The summed E-state index contributed by atoms with van der Waals surface area (Å²) in [5.74, 6) is -0.642. The van der Waals surface area contributed by atoms with Crippen molar-refractivity contribution in [3.05, 3.63) is 40.9 Å². The third kappa shape index (κ3) is 6.95. The number of rotatable bonds is 10. The van der Waals surface area contributed by atoms with Gasteiger partial charge in [-0.05, 0) is 26.2 Å². The van der Waals surface area contributed by atoms with Crippen molar-refractivity contribution in [2.24, 2.45) is 0 Å². The van der Waals surface area contributed by atoms with Crippen molar-refractivity contribution in [2.75, 3.05) is 13.1 Å². The highest BCUT2D eigenvalue weighted by Gasteiger charge is 2.17. The van der Waals surface area contributed by atoms with Crippen LogP contribution in [0, 0.1) is 6.92 Å². The van der Waals surface area contributed by atoms with E-state index < -0.39 is 5.91 Å². The molecule has 8 heteroatoms. The normalized spacial score (nSPS) is 10.5. The Balaban J connectivity index is 1.79. The molecule has 3 amide bonds. The first-order valence-electron chi connectivity index (χ1n) is 10.4. The summed E-state index contributed by atoms with van der Waals surface area (Å²) in [7, 11) is 0. The smallest absolute Gasteiger partial charge is 0.281 e. The number of hydrogen-bond acceptors (Lipinski definition) is 5. The van der Waals surface area contributed by atoms with Crippen molar-refractivity contribution in [3.63, 3.8) is 0 Å². The van der Waals surface area contributed by atoms with Crippen LogP contribution in [0.2, 0.25) is 0 Å². The second-order valence-electron chi connectivity index (χ2n) is 7.04. The molecular formula is C22H30N4O3S. The average molecular weight is 431 g/mol. The summed E-state index contributed by atoms with van der Waals surface area (Å²) in [6.45, 7) is 7.34. The van der Waals surface area contributed by atoms with E-state index in [9.17, 15) is 14.4 Å². The topological polar surface area (TPSA) is 91.4 Å². The van der Waals surface area contributed by atoms with Crippen LogP contribution in [0.5, 0.6) is 0 Å². The van der Waals surface area contributed by atoms with Gasteiger partial charge in [0.1, 0.15) is 9.88 Å². The number of aryl methyl sites for hydroxylation is 1. The van der Waals surface area contributed by atoms with Crippen molar-refractivity contribution in [3.8, 4) is 10.6 Å². The number of hydrazine groups is 1. The van der Waals surface area contributed by atoms with Gasteiger partial charge in [-0.15, -0.1) is 11.3 Å². The zero-order chi connectivity index (χ0) is 21.9. The molecule has 0 aliphatic carbocycles. The Morgan fingerprint density at radius 2 is 1.67 bits per heavy atom. The summed E-state index contributed by atoms with van der Waals surface area (Å²) in [5.41, 5.74) is 6.43. The van der Waals surface area contributed by atoms with Crippen molar-refractivity contribution >= 4 is 29.1 Å². The van der Waals surface area contributed by atoms with E-state index in [1.54, 1.807) is 6.92 Å². The first-order chi connectivity index (χ1) is 14.5. The van der Waals surface area contributed by atoms with E-state index in [4.69, 9.17) is 0 Å². The van der Waals surface area contributed by atoms with Gasteiger partial charge >= 0.3 is 0 Å². The summed E-state index contributed by atoms with van der Waals surface area (Å²) in [6, 6.07) is 9.63. The zero-order valence-electron chi connectivity index (χ0n) is 17.9. The first kappa shape index (κ1) is 23.5. The molecule has 162 valence electrons. The van der Waals surface area contributed by atoms with Crippen molar-refractivity contribution in [1.82, 2.24) is 20.7 Å². The lowest BCUT2D eigenvalue weighted by atomic mass is 10.2. The molecule has 0 saturated heterocycles. The maximum atomic E-state index is 12.4. The standard InChI is InChI=1S/C22H30N4O3S/c1-4-14-26(15-5-2)19(28)13-9-12-18(27)24-25-21(29)20-16(3)23-22(30-20)17-10-7-6-8-11-17/h6-8,10-11H,4-5,9,12-15H2,1-3H3,(H,24,27)(H,25,29). The number of benzene rings is 1. The molecule has 2 N–H and O–H groups in total. The molecule has 0 bridgehead atoms. The van der Waals surface area contributed by atoms with Crippen LogP contribution < -0.4 is 10.9 Å². The molecule has 0 fully saturated rings. The van der Waals surface area contributed by atoms with Gasteiger partial charge in [0, 0.05) is 31.5 Å². The van der Waals surface area contributed by atoms with Gasteiger partial charge in [0.2, 0.25) is 11.8 Å². The molecule has 0 radical (unpaired) electrons. The quantitative estimate of drug-likeness (QED) is 0.562. The molecule has 0 aliphatic heterocycles. The van der Waals surface area contributed by atoms with Gasteiger partial charge in [0.05, 0.1) is 5.69 Å². The third-order valence-corrected chi connectivity index (χ3v) is 5.68. The molecule has 0 spiro atoms. The maximum Gasteiger partial charge on any atom is 0.281 e. The number of aromatic nitrogens is 1. The number of thiazole rings is 1. The minimum Gasteiger partial charge on any atom is -0.343 e. The number of carbonyl (C=O) groups is 3. The van der Waals surface area contributed by atoms with Crippen LogP contribution in [0.4, 0.5) is 0 Å². The van der Waals surface area contributed by atoms with Crippen molar-refractivity contribution in [2.45, 2.75) is 52.9 Å². The van der Waals surface area contributed by atoms with Crippen LogP contribution in [-0.2, 0) is 9.59 Å². The molecule has 0 aliphatic rings. The Kier molecular flexibility index (Phi) is 9.47. The summed E-state index contributed by atoms with van der Waals surface area (Å²) in [4.78, 5) is 43.4. The average Bonchev–Trinajstić information content (AvgIpc) is 3.14. The lowest BCUT2D eigenvalue weighted by molar-refractivity contribution is -0.131. The number of hydrogen-bond donors (Lipinski definition) is 2. The SMILES string of the molecule is CCCN(CCC)C(=O)CCCC(=O)NNC(=O)c1sc(-c2ccccc2)nc1C. The lowest BCUT2D eigenvalue weighted by Crippen LogP contribution is -2.41. The molecule has 0 saturated carbocycles. The Morgan fingerprint density at radius 3 is 2.30 bits per heavy atom. The predicted molar refractivity (Wildman–Crippen MR) is 119 cm³/mol. The van der Waals surface area contributed by atoms with Gasteiger partial charge < -0.3 is 4.90 Å². The molecule has 7 nitrogen and oxygen atoms in total. The minimum atomic E-state index is -0.395.